The SMILES string of the molecule is CC(C)(C)OC(=O)N1CCC2(CCN(c3ccc(Br)cn3)CC2)C1. The number of ether oxygens (including phenoxy) is 1. The fourth-order valence-corrected chi connectivity index (χ4v) is 3.83. The Morgan fingerprint density at radius 1 is 1.21 bits per heavy atom. The Hall–Kier alpha value is -1.30. The van der Waals surface area contributed by atoms with Crippen LogP contribution in [0.15, 0.2) is 22.8 Å². The lowest BCUT2D eigenvalue weighted by Crippen LogP contribution is -2.43. The number of piperidine rings is 1. The molecule has 0 aliphatic carbocycles. The normalized spacial score (nSPS) is 20.5. The van der Waals surface area contributed by atoms with Gasteiger partial charge in [0.2, 0.25) is 0 Å². The number of rotatable bonds is 1. The van der Waals surface area contributed by atoms with Gasteiger partial charge in [-0.1, -0.05) is 0 Å². The molecule has 0 radical (unpaired) electrons. The fourth-order valence-electron chi connectivity index (χ4n) is 3.59. The van der Waals surface area contributed by atoms with Crippen molar-refractivity contribution >= 4 is 27.8 Å². The van der Waals surface area contributed by atoms with Crippen LogP contribution in [0.25, 0.3) is 0 Å². The van der Waals surface area contributed by atoms with Crippen LogP contribution < -0.4 is 4.90 Å². The van der Waals surface area contributed by atoms with Gasteiger partial charge in [-0.2, -0.15) is 0 Å². The van der Waals surface area contributed by atoms with Crippen molar-refractivity contribution in [2.24, 2.45) is 5.41 Å². The molecule has 0 bridgehead atoms. The van der Waals surface area contributed by atoms with E-state index in [9.17, 15) is 4.79 Å². The molecule has 0 atom stereocenters. The Labute approximate surface area is 152 Å². The van der Waals surface area contributed by atoms with E-state index in [0.29, 0.717) is 0 Å². The summed E-state index contributed by atoms with van der Waals surface area (Å²) in [4.78, 5) is 21.0. The first-order valence-electron chi connectivity index (χ1n) is 8.61. The first-order chi connectivity index (χ1) is 11.3. The summed E-state index contributed by atoms with van der Waals surface area (Å²) in [6.07, 6.45) is 4.96. The van der Waals surface area contributed by atoms with E-state index in [4.69, 9.17) is 4.74 Å². The van der Waals surface area contributed by atoms with Crippen LogP contribution in [-0.2, 0) is 4.74 Å². The standard InChI is InChI=1S/C18H26BrN3O2/c1-17(2,3)24-16(23)22-11-8-18(13-22)6-9-21(10-7-18)15-5-4-14(19)12-20-15/h4-5,12H,6-11,13H2,1-3H3. The largest absolute Gasteiger partial charge is 0.444 e. The predicted octanol–water partition coefficient (Wildman–Crippen LogP) is 4.07. The summed E-state index contributed by atoms with van der Waals surface area (Å²) in [6.45, 7) is 9.38. The van der Waals surface area contributed by atoms with Crippen molar-refractivity contribution < 1.29 is 9.53 Å². The number of carbonyl (C=O) groups is 1. The number of carbonyl (C=O) groups excluding carboxylic acids is 1. The second-order valence-corrected chi connectivity index (χ2v) is 8.89. The molecule has 5 nitrogen and oxygen atoms in total. The van der Waals surface area contributed by atoms with Gasteiger partial charge in [0.1, 0.15) is 11.4 Å². The van der Waals surface area contributed by atoms with Gasteiger partial charge in [-0.05, 0) is 73.5 Å². The van der Waals surface area contributed by atoms with Gasteiger partial charge in [-0.15, -0.1) is 0 Å². The molecule has 0 saturated carbocycles. The highest BCUT2D eigenvalue weighted by molar-refractivity contribution is 9.10. The molecule has 3 rings (SSSR count). The summed E-state index contributed by atoms with van der Waals surface area (Å²) in [7, 11) is 0. The third-order valence-electron chi connectivity index (χ3n) is 4.95. The van der Waals surface area contributed by atoms with E-state index >= 15 is 0 Å². The van der Waals surface area contributed by atoms with Crippen LogP contribution in [0, 0.1) is 5.41 Å². The van der Waals surface area contributed by atoms with E-state index < -0.39 is 5.60 Å². The second kappa shape index (κ2) is 6.54. The van der Waals surface area contributed by atoms with Gasteiger partial charge in [-0.25, -0.2) is 9.78 Å². The molecule has 0 unspecified atom stereocenters. The zero-order chi connectivity index (χ0) is 17.4. The molecule has 132 valence electrons. The van der Waals surface area contributed by atoms with Crippen molar-refractivity contribution in [1.82, 2.24) is 9.88 Å². The molecule has 2 aliphatic heterocycles. The quantitative estimate of drug-likeness (QED) is 0.718. The molecular formula is C18H26BrN3O2. The molecule has 1 aromatic rings. The van der Waals surface area contributed by atoms with E-state index in [-0.39, 0.29) is 11.5 Å². The average molecular weight is 396 g/mol. The minimum absolute atomic E-state index is 0.170. The molecule has 0 aromatic carbocycles. The van der Waals surface area contributed by atoms with Crippen LogP contribution in [0.5, 0.6) is 0 Å². The Bertz CT molecular complexity index is 589. The highest BCUT2D eigenvalue weighted by Gasteiger charge is 2.43. The fraction of sp³-hybridized carbons (Fsp3) is 0.667. The van der Waals surface area contributed by atoms with Gasteiger partial charge in [0.25, 0.3) is 0 Å². The smallest absolute Gasteiger partial charge is 0.410 e. The van der Waals surface area contributed by atoms with E-state index in [1.165, 1.54) is 0 Å². The summed E-state index contributed by atoms with van der Waals surface area (Å²) in [6, 6.07) is 4.09. The van der Waals surface area contributed by atoms with Crippen molar-refractivity contribution in [3.63, 3.8) is 0 Å². The summed E-state index contributed by atoms with van der Waals surface area (Å²) in [5.41, 5.74) is -0.174. The Kier molecular flexibility index (Phi) is 4.78. The maximum Gasteiger partial charge on any atom is 0.410 e. The molecule has 2 fully saturated rings. The van der Waals surface area contributed by atoms with Crippen LogP contribution in [-0.4, -0.2) is 47.8 Å². The maximum absolute atomic E-state index is 12.3. The second-order valence-electron chi connectivity index (χ2n) is 7.97. The highest BCUT2D eigenvalue weighted by Crippen LogP contribution is 2.41. The summed E-state index contributed by atoms with van der Waals surface area (Å²) in [5, 5.41) is 0. The third kappa shape index (κ3) is 4.02. The number of hydrogen-bond donors (Lipinski definition) is 0. The molecule has 6 heteroatoms. The van der Waals surface area contributed by atoms with Gasteiger partial charge in [0.15, 0.2) is 0 Å². The van der Waals surface area contributed by atoms with Gasteiger partial charge < -0.3 is 14.5 Å². The zero-order valence-electron chi connectivity index (χ0n) is 14.7. The van der Waals surface area contributed by atoms with Crippen LogP contribution >= 0.6 is 15.9 Å². The zero-order valence-corrected chi connectivity index (χ0v) is 16.3. The van der Waals surface area contributed by atoms with Crippen molar-refractivity contribution in [2.75, 3.05) is 31.1 Å². The lowest BCUT2D eigenvalue weighted by atomic mass is 9.78. The predicted molar refractivity (Wildman–Crippen MR) is 98.2 cm³/mol. The number of anilines is 1. The molecule has 1 aromatic heterocycles. The third-order valence-corrected chi connectivity index (χ3v) is 5.42. The van der Waals surface area contributed by atoms with E-state index in [1.54, 1.807) is 0 Å². The summed E-state index contributed by atoms with van der Waals surface area (Å²) >= 11 is 3.43. The molecule has 2 saturated heterocycles. The topological polar surface area (TPSA) is 45.7 Å². The van der Waals surface area contributed by atoms with Crippen LogP contribution in [0.3, 0.4) is 0 Å². The number of pyridine rings is 1. The number of hydrogen-bond acceptors (Lipinski definition) is 4. The van der Waals surface area contributed by atoms with E-state index in [1.807, 2.05) is 37.9 Å². The number of nitrogens with zero attached hydrogens (tertiary/aromatic N) is 3. The Morgan fingerprint density at radius 3 is 2.46 bits per heavy atom. The van der Waals surface area contributed by atoms with Gasteiger partial charge in [0, 0.05) is 36.8 Å². The molecule has 1 spiro atoms. The molecule has 1 amide bonds. The number of aromatic nitrogens is 1. The lowest BCUT2D eigenvalue weighted by molar-refractivity contribution is 0.0266. The average Bonchev–Trinajstić information content (AvgIpc) is 2.92. The number of amides is 1. The molecule has 2 aliphatic rings. The van der Waals surface area contributed by atoms with Crippen molar-refractivity contribution in [1.29, 1.82) is 0 Å². The van der Waals surface area contributed by atoms with Crippen molar-refractivity contribution in [2.45, 2.75) is 45.6 Å². The van der Waals surface area contributed by atoms with Gasteiger partial charge >= 0.3 is 6.09 Å². The first kappa shape index (κ1) is 17.5. The van der Waals surface area contributed by atoms with Crippen molar-refractivity contribution in [3.05, 3.63) is 22.8 Å². The minimum atomic E-state index is -0.427. The Morgan fingerprint density at radius 2 is 1.88 bits per heavy atom. The molecule has 24 heavy (non-hydrogen) atoms. The van der Waals surface area contributed by atoms with Crippen LogP contribution in [0.1, 0.15) is 40.0 Å². The minimum Gasteiger partial charge on any atom is -0.444 e. The lowest BCUT2D eigenvalue weighted by Gasteiger charge is -2.39. The van der Waals surface area contributed by atoms with E-state index in [2.05, 4.69) is 31.9 Å². The van der Waals surface area contributed by atoms with Crippen molar-refractivity contribution in [3.8, 4) is 0 Å². The number of likely N-dealkylation sites (tertiary alicyclic amines) is 1. The van der Waals surface area contributed by atoms with Crippen LogP contribution in [0.4, 0.5) is 10.6 Å². The first-order valence-corrected chi connectivity index (χ1v) is 9.40. The number of halogens is 1. The Balaban J connectivity index is 1.56. The van der Waals surface area contributed by atoms with Gasteiger partial charge in [-0.3, -0.25) is 0 Å². The summed E-state index contributed by atoms with van der Waals surface area (Å²) in [5.74, 6) is 1.04. The summed E-state index contributed by atoms with van der Waals surface area (Å²) < 4.78 is 6.52. The van der Waals surface area contributed by atoms with E-state index in [0.717, 1.165) is 55.7 Å². The van der Waals surface area contributed by atoms with Gasteiger partial charge in [0.05, 0.1) is 0 Å². The molecule has 3 heterocycles. The monoisotopic (exact) mass is 395 g/mol. The maximum atomic E-state index is 12.3. The van der Waals surface area contributed by atoms with Crippen LogP contribution in [0.2, 0.25) is 0 Å². The highest BCUT2D eigenvalue weighted by atomic mass is 79.9. The molecule has 0 N–H and O–H groups in total. The molecular weight excluding hydrogens is 370 g/mol.